The van der Waals surface area contributed by atoms with Crippen LogP contribution >= 0.6 is 11.3 Å². The molecule has 2 aliphatic rings. The van der Waals surface area contributed by atoms with Crippen LogP contribution in [0.4, 0.5) is 28.4 Å². The highest BCUT2D eigenvalue weighted by molar-refractivity contribution is 7.25. The summed E-state index contributed by atoms with van der Waals surface area (Å²) in [5.74, 6) is 0. The van der Waals surface area contributed by atoms with Gasteiger partial charge in [0.25, 0.3) is 0 Å². The minimum Gasteiger partial charge on any atom is -0.376 e. The van der Waals surface area contributed by atoms with Crippen LogP contribution in [0.2, 0.25) is 0 Å². The molecule has 0 amide bonds. The molecule has 3 heterocycles. The standard InChI is InChI=1S/C46H35BN2S/c1-46(2,3)31-24-26-32(27-25-31)49-39-20-10-7-16-33(39)35-18-13-22-41-45(35)47(49)38-19-9-11-21-40(38)48(41)42-28-37-34-17-8-12-23-43(34)50-44(37)29-36(42)30-14-5-4-6-15-30/h4-29H,1-3H3. The number of para-hydroxylation sites is 2. The number of hydrogen-bond acceptors (Lipinski definition) is 3. The molecule has 0 bridgehead atoms. The Hall–Kier alpha value is -5.58. The smallest absolute Gasteiger partial charge is 0.333 e. The zero-order valence-electron chi connectivity index (χ0n) is 28.4. The van der Waals surface area contributed by atoms with Gasteiger partial charge in [0, 0.05) is 54.0 Å². The van der Waals surface area contributed by atoms with Crippen molar-refractivity contribution in [1.29, 1.82) is 0 Å². The lowest BCUT2D eigenvalue weighted by Gasteiger charge is -2.46. The zero-order valence-corrected chi connectivity index (χ0v) is 29.2. The minimum absolute atomic E-state index is 0.00919. The second-order valence-electron chi connectivity index (χ2n) is 14.5. The first-order valence-electron chi connectivity index (χ1n) is 17.5. The molecule has 0 saturated heterocycles. The summed E-state index contributed by atoms with van der Waals surface area (Å²) in [4.78, 5) is 5.13. The fourth-order valence-electron chi connectivity index (χ4n) is 8.26. The van der Waals surface area contributed by atoms with Gasteiger partial charge in [0.05, 0.1) is 5.69 Å². The first-order chi connectivity index (χ1) is 24.5. The number of benzene rings is 7. The van der Waals surface area contributed by atoms with Gasteiger partial charge < -0.3 is 9.71 Å². The summed E-state index contributed by atoms with van der Waals surface area (Å²) in [7, 11) is 0. The Kier molecular flexibility index (Phi) is 6.44. The number of hydrogen-bond donors (Lipinski definition) is 0. The molecule has 0 saturated carbocycles. The third-order valence-electron chi connectivity index (χ3n) is 10.6. The predicted octanol–water partition coefficient (Wildman–Crippen LogP) is 11.7. The molecule has 10 rings (SSSR count). The second kappa shape index (κ2) is 11.0. The van der Waals surface area contributed by atoms with Crippen LogP contribution in [0.3, 0.4) is 0 Å². The normalized spacial score (nSPS) is 13.4. The third-order valence-corrected chi connectivity index (χ3v) is 11.7. The molecule has 1 aromatic heterocycles. The topological polar surface area (TPSA) is 6.48 Å². The molecule has 0 atom stereocenters. The summed E-state index contributed by atoms with van der Waals surface area (Å²) < 4.78 is 2.63. The first-order valence-corrected chi connectivity index (χ1v) is 18.3. The third kappa shape index (κ3) is 4.35. The van der Waals surface area contributed by atoms with Gasteiger partial charge in [-0.05, 0) is 81.6 Å². The van der Waals surface area contributed by atoms with E-state index in [1.165, 1.54) is 87.4 Å². The van der Waals surface area contributed by atoms with E-state index in [2.05, 4.69) is 188 Å². The van der Waals surface area contributed by atoms with Crippen molar-refractivity contribution >= 4 is 77.7 Å². The van der Waals surface area contributed by atoms with Crippen molar-refractivity contribution in [3.05, 3.63) is 163 Å². The van der Waals surface area contributed by atoms with E-state index in [0.29, 0.717) is 0 Å². The van der Waals surface area contributed by atoms with Crippen LogP contribution < -0.4 is 20.6 Å². The van der Waals surface area contributed by atoms with Crippen LogP contribution in [-0.4, -0.2) is 6.85 Å². The van der Waals surface area contributed by atoms with Crippen molar-refractivity contribution in [3.8, 4) is 22.3 Å². The molecular weight excluding hydrogens is 623 g/mol. The lowest BCUT2D eigenvalue weighted by atomic mass is 9.43. The van der Waals surface area contributed by atoms with E-state index in [1.54, 1.807) is 0 Å². The molecule has 0 unspecified atom stereocenters. The number of rotatable bonds is 3. The highest BCUT2D eigenvalue weighted by Crippen LogP contribution is 2.50. The summed E-state index contributed by atoms with van der Waals surface area (Å²) in [5, 5.41) is 2.61. The molecule has 2 nitrogen and oxygen atoms in total. The molecule has 238 valence electrons. The average Bonchev–Trinajstić information content (AvgIpc) is 3.52. The van der Waals surface area contributed by atoms with Crippen LogP contribution in [0, 0.1) is 0 Å². The maximum absolute atomic E-state index is 2.58. The number of nitrogens with zero attached hydrogens (tertiary/aromatic N) is 2. The van der Waals surface area contributed by atoms with E-state index in [9.17, 15) is 0 Å². The number of thiophene rings is 1. The molecule has 0 aliphatic carbocycles. The van der Waals surface area contributed by atoms with E-state index in [1.807, 2.05) is 11.3 Å². The van der Waals surface area contributed by atoms with Crippen molar-refractivity contribution in [3.63, 3.8) is 0 Å². The maximum atomic E-state index is 2.58. The van der Waals surface area contributed by atoms with Crippen molar-refractivity contribution in [2.45, 2.75) is 26.2 Å². The SMILES string of the molecule is CC(C)(C)c1ccc(N2B3c4ccccc4N(c4cc5c(cc4-c4ccccc4)sc4ccccc45)c4cccc(c43)-c3ccccc32)cc1. The lowest BCUT2D eigenvalue weighted by Crippen LogP contribution is -2.61. The van der Waals surface area contributed by atoms with Crippen LogP contribution in [0.25, 0.3) is 42.4 Å². The van der Waals surface area contributed by atoms with Gasteiger partial charge in [-0.3, -0.25) is 0 Å². The monoisotopic (exact) mass is 658 g/mol. The summed E-state index contributed by atoms with van der Waals surface area (Å²) in [6, 6.07) is 58.8. The molecule has 0 fully saturated rings. The fourth-order valence-corrected chi connectivity index (χ4v) is 9.39. The Labute approximate surface area is 298 Å². The highest BCUT2D eigenvalue weighted by atomic mass is 32.1. The number of fused-ring (bicyclic) bond motifs is 7. The first kappa shape index (κ1) is 29.4. The lowest BCUT2D eigenvalue weighted by molar-refractivity contribution is 0.590. The molecule has 0 radical (unpaired) electrons. The predicted molar refractivity (Wildman–Crippen MR) is 217 cm³/mol. The minimum atomic E-state index is 0.00919. The summed E-state index contributed by atoms with van der Waals surface area (Å²) in [6.45, 7) is 6.86. The maximum Gasteiger partial charge on any atom is 0.333 e. The van der Waals surface area contributed by atoms with Crippen LogP contribution in [0.5, 0.6) is 0 Å². The molecule has 8 aromatic rings. The van der Waals surface area contributed by atoms with Gasteiger partial charge in [-0.1, -0.05) is 130 Å². The molecule has 0 N–H and O–H groups in total. The van der Waals surface area contributed by atoms with Gasteiger partial charge in [-0.2, -0.15) is 0 Å². The quantitative estimate of drug-likeness (QED) is 0.174. The Morgan fingerprint density at radius 1 is 0.500 bits per heavy atom. The summed E-state index contributed by atoms with van der Waals surface area (Å²) in [5.41, 5.74) is 15.2. The van der Waals surface area contributed by atoms with Gasteiger partial charge in [0.1, 0.15) is 0 Å². The van der Waals surface area contributed by atoms with E-state index in [4.69, 9.17) is 0 Å². The van der Waals surface area contributed by atoms with E-state index in [0.717, 1.165) is 0 Å². The average molecular weight is 659 g/mol. The molecular formula is C46H35BN2S. The van der Waals surface area contributed by atoms with Crippen molar-refractivity contribution in [1.82, 2.24) is 0 Å². The fraction of sp³-hybridized carbons (Fsp3) is 0.0870. The van der Waals surface area contributed by atoms with E-state index in [-0.39, 0.29) is 12.3 Å². The van der Waals surface area contributed by atoms with Crippen molar-refractivity contribution in [2.75, 3.05) is 9.71 Å². The number of anilines is 5. The van der Waals surface area contributed by atoms with Gasteiger partial charge in [-0.25, -0.2) is 0 Å². The van der Waals surface area contributed by atoms with E-state index >= 15 is 0 Å². The highest BCUT2D eigenvalue weighted by Gasteiger charge is 2.45. The van der Waals surface area contributed by atoms with Crippen LogP contribution in [0.15, 0.2) is 158 Å². The zero-order chi connectivity index (χ0) is 33.6. The molecule has 0 spiro atoms. The Bertz CT molecular complexity index is 2600. The van der Waals surface area contributed by atoms with Crippen LogP contribution in [0.1, 0.15) is 26.3 Å². The summed E-state index contributed by atoms with van der Waals surface area (Å²) in [6.07, 6.45) is 0. The van der Waals surface area contributed by atoms with Gasteiger partial charge in [-0.15, -0.1) is 11.3 Å². The molecule has 4 heteroatoms. The summed E-state index contributed by atoms with van der Waals surface area (Å²) >= 11 is 1.88. The second-order valence-corrected chi connectivity index (χ2v) is 15.6. The Balaban J connectivity index is 1.27. The van der Waals surface area contributed by atoms with E-state index < -0.39 is 0 Å². The van der Waals surface area contributed by atoms with Gasteiger partial charge >= 0.3 is 6.85 Å². The van der Waals surface area contributed by atoms with Crippen molar-refractivity contribution in [2.24, 2.45) is 0 Å². The molecule has 50 heavy (non-hydrogen) atoms. The van der Waals surface area contributed by atoms with Crippen molar-refractivity contribution < 1.29 is 0 Å². The Morgan fingerprint density at radius 2 is 1.18 bits per heavy atom. The largest absolute Gasteiger partial charge is 0.376 e. The molecule has 2 aliphatic heterocycles. The Morgan fingerprint density at radius 3 is 2.00 bits per heavy atom. The van der Waals surface area contributed by atoms with Gasteiger partial charge in [0.15, 0.2) is 0 Å². The van der Waals surface area contributed by atoms with Gasteiger partial charge in [0.2, 0.25) is 0 Å². The van der Waals surface area contributed by atoms with Crippen LogP contribution in [-0.2, 0) is 5.41 Å². The molecule has 7 aromatic carbocycles.